The van der Waals surface area contributed by atoms with Gasteiger partial charge in [-0.1, -0.05) is 18.2 Å². The lowest BCUT2D eigenvalue weighted by molar-refractivity contribution is -0.126. The Morgan fingerprint density at radius 1 is 1.50 bits per heavy atom. The lowest BCUT2D eigenvalue weighted by Gasteiger charge is -2.25. The monoisotopic (exact) mass is 266 g/mol. The Bertz CT molecular complexity index is 412. The maximum atomic E-state index is 11.7. The number of ether oxygens (including phenoxy) is 1. The number of fused-ring (bicyclic) bond motifs is 1. The fourth-order valence-electron chi connectivity index (χ4n) is 1.98. The molecule has 98 valence electrons. The zero-order valence-electron chi connectivity index (χ0n) is 10.2. The molecular formula is C13H18N2O2S. The zero-order chi connectivity index (χ0) is 12.8. The molecule has 0 spiro atoms. The van der Waals surface area contributed by atoms with Gasteiger partial charge in [0.05, 0.1) is 12.6 Å². The molecular weight excluding hydrogens is 248 g/mol. The van der Waals surface area contributed by atoms with Crippen LogP contribution in [0, 0.1) is 0 Å². The van der Waals surface area contributed by atoms with Crippen molar-refractivity contribution in [2.45, 2.75) is 17.4 Å². The molecule has 0 radical (unpaired) electrons. The highest BCUT2D eigenvalue weighted by molar-refractivity contribution is 7.99. The van der Waals surface area contributed by atoms with Gasteiger partial charge in [0, 0.05) is 17.2 Å². The minimum Gasteiger partial charge on any atom is -0.370 e. The SMILES string of the molecule is NCCOCC(=O)NC1CCSc2ccccc21. The largest absolute Gasteiger partial charge is 0.370 e. The molecule has 4 nitrogen and oxygen atoms in total. The van der Waals surface area contributed by atoms with Gasteiger partial charge in [-0.2, -0.15) is 0 Å². The first kappa shape index (κ1) is 13.4. The fourth-order valence-corrected chi connectivity index (χ4v) is 3.10. The van der Waals surface area contributed by atoms with Crippen LogP contribution in [0.25, 0.3) is 0 Å². The van der Waals surface area contributed by atoms with Crippen molar-refractivity contribution >= 4 is 17.7 Å². The van der Waals surface area contributed by atoms with Gasteiger partial charge in [-0.15, -0.1) is 11.8 Å². The molecule has 0 fully saturated rings. The molecule has 1 aliphatic rings. The summed E-state index contributed by atoms with van der Waals surface area (Å²) in [5.41, 5.74) is 6.51. The molecule has 0 saturated carbocycles. The molecule has 0 saturated heterocycles. The standard InChI is InChI=1S/C13H18N2O2S/c14-6-7-17-9-13(16)15-11-5-8-18-12-4-2-1-3-10(11)12/h1-4,11H,5-9,14H2,(H,15,16). The number of carbonyl (C=O) groups excluding carboxylic acids is 1. The van der Waals surface area contributed by atoms with Crippen LogP contribution in [0.1, 0.15) is 18.0 Å². The van der Waals surface area contributed by atoms with Crippen LogP contribution in [0.4, 0.5) is 0 Å². The maximum Gasteiger partial charge on any atom is 0.246 e. The van der Waals surface area contributed by atoms with Gasteiger partial charge in [0.2, 0.25) is 5.91 Å². The molecule has 2 rings (SSSR count). The van der Waals surface area contributed by atoms with Gasteiger partial charge in [0.1, 0.15) is 6.61 Å². The van der Waals surface area contributed by atoms with Crippen LogP contribution in [0.15, 0.2) is 29.2 Å². The molecule has 0 bridgehead atoms. The van der Waals surface area contributed by atoms with E-state index in [0.717, 1.165) is 12.2 Å². The third-order valence-corrected chi connectivity index (χ3v) is 3.91. The van der Waals surface area contributed by atoms with Gasteiger partial charge in [-0.25, -0.2) is 0 Å². The van der Waals surface area contributed by atoms with Crippen molar-refractivity contribution in [2.24, 2.45) is 5.73 Å². The topological polar surface area (TPSA) is 64.3 Å². The summed E-state index contributed by atoms with van der Waals surface area (Å²) in [5, 5.41) is 3.02. The third kappa shape index (κ3) is 3.48. The summed E-state index contributed by atoms with van der Waals surface area (Å²) >= 11 is 1.84. The van der Waals surface area contributed by atoms with Crippen molar-refractivity contribution in [3.8, 4) is 0 Å². The lowest BCUT2D eigenvalue weighted by atomic mass is 10.0. The van der Waals surface area contributed by atoms with E-state index in [1.807, 2.05) is 23.9 Å². The van der Waals surface area contributed by atoms with Crippen molar-refractivity contribution in [1.29, 1.82) is 0 Å². The quantitative estimate of drug-likeness (QED) is 0.789. The molecule has 1 aliphatic heterocycles. The highest BCUT2D eigenvalue weighted by Crippen LogP contribution is 2.35. The van der Waals surface area contributed by atoms with E-state index in [9.17, 15) is 4.79 Å². The molecule has 1 heterocycles. The summed E-state index contributed by atoms with van der Waals surface area (Å²) < 4.78 is 5.13. The molecule has 1 atom stereocenters. The molecule has 1 aromatic carbocycles. The predicted molar refractivity (Wildman–Crippen MR) is 72.5 cm³/mol. The Hall–Kier alpha value is -1.04. The highest BCUT2D eigenvalue weighted by atomic mass is 32.2. The number of benzene rings is 1. The van der Waals surface area contributed by atoms with Crippen LogP contribution in [0.5, 0.6) is 0 Å². The first-order valence-electron chi connectivity index (χ1n) is 6.10. The smallest absolute Gasteiger partial charge is 0.246 e. The molecule has 5 heteroatoms. The van der Waals surface area contributed by atoms with Gasteiger partial charge in [0.15, 0.2) is 0 Å². The summed E-state index contributed by atoms with van der Waals surface area (Å²) in [6.45, 7) is 0.948. The van der Waals surface area contributed by atoms with E-state index in [4.69, 9.17) is 10.5 Å². The second kappa shape index (κ2) is 6.78. The average molecular weight is 266 g/mol. The van der Waals surface area contributed by atoms with E-state index in [1.54, 1.807) is 0 Å². The van der Waals surface area contributed by atoms with Gasteiger partial charge >= 0.3 is 0 Å². The summed E-state index contributed by atoms with van der Waals surface area (Å²) in [4.78, 5) is 13.0. The van der Waals surface area contributed by atoms with Crippen LogP contribution >= 0.6 is 11.8 Å². The van der Waals surface area contributed by atoms with Crippen molar-refractivity contribution in [2.75, 3.05) is 25.5 Å². The highest BCUT2D eigenvalue weighted by Gasteiger charge is 2.21. The van der Waals surface area contributed by atoms with E-state index < -0.39 is 0 Å². The van der Waals surface area contributed by atoms with Crippen LogP contribution in [-0.4, -0.2) is 31.4 Å². The number of rotatable bonds is 5. The van der Waals surface area contributed by atoms with Crippen LogP contribution in [0.2, 0.25) is 0 Å². The summed E-state index contributed by atoms with van der Waals surface area (Å²) in [5.74, 6) is 0.959. The number of thioether (sulfide) groups is 1. The minimum atomic E-state index is -0.0739. The molecule has 0 aliphatic carbocycles. The second-order valence-electron chi connectivity index (χ2n) is 4.14. The van der Waals surface area contributed by atoms with Crippen molar-refractivity contribution in [3.63, 3.8) is 0 Å². The maximum absolute atomic E-state index is 11.7. The van der Waals surface area contributed by atoms with E-state index in [1.165, 1.54) is 10.5 Å². The first-order chi connectivity index (χ1) is 8.81. The van der Waals surface area contributed by atoms with Crippen LogP contribution < -0.4 is 11.1 Å². The Morgan fingerprint density at radius 3 is 3.17 bits per heavy atom. The third-order valence-electron chi connectivity index (χ3n) is 2.79. The molecule has 18 heavy (non-hydrogen) atoms. The molecule has 0 aromatic heterocycles. The Kier molecular flexibility index (Phi) is 5.04. The second-order valence-corrected chi connectivity index (χ2v) is 5.27. The summed E-state index contributed by atoms with van der Waals surface area (Å²) in [7, 11) is 0. The summed E-state index contributed by atoms with van der Waals surface area (Å²) in [6.07, 6.45) is 0.963. The number of amides is 1. The van der Waals surface area contributed by atoms with Crippen molar-refractivity contribution < 1.29 is 9.53 Å². The van der Waals surface area contributed by atoms with Crippen LogP contribution in [-0.2, 0) is 9.53 Å². The van der Waals surface area contributed by atoms with Gasteiger partial charge in [-0.3, -0.25) is 4.79 Å². The molecule has 1 amide bonds. The molecule has 1 aromatic rings. The number of hydrogen-bond donors (Lipinski definition) is 2. The molecule has 1 unspecified atom stereocenters. The van der Waals surface area contributed by atoms with Crippen LogP contribution in [0.3, 0.4) is 0 Å². The fraction of sp³-hybridized carbons (Fsp3) is 0.462. The normalized spacial score (nSPS) is 18.2. The lowest BCUT2D eigenvalue weighted by Crippen LogP contribution is -2.33. The average Bonchev–Trinajstić information content (AvgIpc) is 2.39. The van der Waals surface area contributed by atoms with Crippen molar-refractivity contribution in [1.82, 2.24) is 5.32 Å². The van der Waals surface area contributed by atoms with Gasteiger partial charge in [0.25, 0.3) is 0 Å². The Labute approximate surface area is 111 Å². The predicted octanol–water partition coefficient (Wildman–Crippen LogP) is 1.31. The summed E-state index contributed by atoms with van der Waals surface area (Å²) in [6, 6.07) is 8.32. The Morgan fingerprint density at radius 2 is 2.33 bits per heavy atom. The molecule has 3 N–H and O–H groups in total. The number of carbonyl (C=O) groups is 1. The van der Waals surface area contributed by atoms with Gasteiger partial charge < -0.3 is 15.8 Å². The number of nitrogens with one attached hydrogen (secondary N) is 1. The first-order valence-corrected chi connectivity index (χ1v) is 7.08. The van der Waals surface area contributed by atoms with E-state index in [-0.39, 0.29) is 18.6 Å². The number of hydrogen-bond acceptors (Lipinski definition) is 4. The van der Waals surface area contributed by atoms with E-state index >= 15 is 0 Å². The number of nitrogens with two attached hydrogens (primary N) is 1. The zero-order valence-corrected chi connectivity index (χ0v) is 11.0. The van der Waals surface area contributed by atoms with E-state index in [0.29, 0.717) is 13.2 Å². The minimum absolute atomic E-state index is 0.0739. The van der Waals surface area contributed by atoms with Crippen molar-refractivity contribution in [3.05, 3.63) is 29.8 Å². The van der Waals surface area contributed by atoms with Gasteiger partial charge in [-0.05, 0) is 18.1 Å². The van der Waals surface area contributed by atoms with E-state index in [2.05, 4.69) is 17.4 Å². The Balaban J connectivity index is 1.92.